The lowest BCUT2D eigenvalue weighted by molar-refractivity contribution is 0.0941. The molecule has 1 aliphatic rings. The molecule has 0 spiro atoms. The van der Waals surface area contributed by atoms with E-state index in [1.807, 2.05) is 18.2 Å². The average molecular weight is 357 g/mol. The van der Waals surface area contributed by atoms with E-state index in [1.54, 1.807) is 17.9 Å². The molecular formula is C19H27N5O2. The van der Waals surface area contributed by atoms with Crippen LogP contribution >= 0.6 is 0 Å². The number of nitrogens with one attached hydrogen (secondary N) is 1. The Morgan fingerprint density at radius 1 is 1.46 bits per heavy atom. The first-order valence-electron chi connectivity index (χ1n) is 9.26. The summed E-state index contributed by atoms with van der Waals surface area (Å²) in [6.45, 7) is 3.94. The van der Waals surface area contributed by atoms with Crippen molar-refractivity contribution in [2.75, 3.05) is 18.0 Å². The van der Waals surface area contributed by atoms with Crippen LogP contribution in [-0.2, 0) is 20.0 Å². The van der Waals surface area contributed by atoms with Crippen molar-refractivity contribution in [3.8, 4) is 0 Å². The SMILES string of the molecule is CCCc1cc(C(=O)NCc2cccnc2N2CCC[C@@H](O)C2)n(C)n1. The molecule has 1 aliphatic heterocycles. The number of aromatic nitrogens is 3. The summed E-state index contributed by atoms with van der Waals surface area (Å²) in [4.78, 5) is 19.1. The number of amides is 1. The van der Waals surface area contributed by atoms with Gasteiger partial charge in [-0.3, -0.25) is 9.48 Å². The topological polar surface area (TPSA) is 83.3 Å². The largest absolute Gasteiger partial charge is 0.391 e. The molecule has 0 aliphatic carbocycles. The number of hydrogen-bond acceptors (Lipinski definition) is 5. The van der Waals surface area contributed by atoms with Crippen LogP contribution in [0.4, 0.5) is 5.82 Å². The van der Waals surface area contributed by atoms with Crippen LogP contribution in [0.2, 0.25) is 0 Å². The predicted octanol–water partition coefficient (Wildman–Crippen LogP) is 1.66. The number of anilines is 1. The highest BCUT2D eigenvalue weighted by Crippen LogP contribution is 2.22. The van der Waals surface area contributed by atoms with Gasteiger partial charge in [-0.15, -0.1) is 0 Å². The maximum Gasteiger partial charge on any atom is 0.269 e. The second kappa shape index (κ2) is 8.31. The number of aliphatic hydroxyl groups excluding tert-OH is 1. The first-order valence-corrected chi connectivity index (χ1v) is 9.26. The lowest BCUT2D eigenvalue weighted by atomic mass is 10.1. The fourth-order valence-electron chi connectivity index (χ4n) is 3.38. The van der Waals surface area contributed by atoms with Gasteiger partial charge in [0.15, 0.2) is 0 Å². The van der Waals surface area contributed by atoms with E-state index in [0.29, 0.717) is 18.8 Å². The minimum Gasteiger partial charge on any atom is -0.391 e. The maximum atomic E-state index is 12.6. The van der Waals surface area contributed by atoms with E-state index < -0.39 is 0 Å². The first-order chi connectivity index (χ1) is 12.6. The van der Waals surface area contributed by atoms with Crippen molar-refractivity contribution in [2.45, 2.75) is 45.3 Å². The molecule has 1 saturated heterocycles. The van der Waals surface area contributed by atoms with Crippen LogP contribution in [0.5, 0.6) is 0 Å². The van der Waals surface area contributed by atoms with E-state index in [1.165, 1.54) is 0 Å². The summed E-state index contributed by atoms with van der Waals surface area (Å²) in [5.41, 5.74) is 2.45. The third kappa shape index (κ3) is 4.22. The van der Waals surface area contributed by atoms with Crippen molar-refractivity contribution in [3.05, 3.63) is 41.3 Å². The van der Waals surface area contributed by atoms with Gasteiger partial charge in [-0.1, -0.05) is 19.4 Å². The maximum absolute atomic E-state index is 12.6. The summed E-state index contributed by atoms with van der Waals surface area (Å²) in [6.07, 6.45) is 5.07. The molecule has 140 valence electrons. The molecular weight excluding hydrogens is 330 g/mol. The highest BCUT2D eigenvalue weighted by atomic mass is 16.3. The van der Waals surface area contributed by atoms with Gasteiger partial charge in [0.05, 0.1) is 11.8 Å². The normalized spacial score (nSPS) is 17.3. The smallest absolute Gasteiger partial charge is 0.269 e. The average Bonchev–Trinajstić information content (AvgIpc) is 3.01. The number of carbonyl (C=O) groups excluding carboxylic acids is 1. The van der Waals surface area contributed by atoms with Crippen LogP contribution in [0.15, 0.2) is 24.4 Å². The van der Waals surface area contributed by atoms with E-state index >= 15 is 0 Å². The Morgan fingerprint density at radius 2 is 2.31 bits per heavy atom. The quantitative estimate of drug-likeness (QED) is 0.821. The molecule has 26 heavy (non-hydrogen) atoms. The zero-order valence-corrected chi connectivity index (χ0v) is 15.5. The molecule has 7 nitrogen and oxygen atoms in total. The third-order valence-electron chi connectivity index (χ3n) is 4.67. The molecule has 2 aromatic rings. The Hall–Kier alpha value is -2.41. The van der Waals surface area contributed by atoms with Gasteiger partial charge in [-0.05, 0) is 31.4 Å². The molecule has 0 radical (unpaired) electrons. The lowest BCUT2D eigenvalue weighted by Gasteiger charge is -2.32. The van der Waals surface area contributed by atoms with Gasteiger partial charge in [0.1, 0.15) is 11.5 Å². The number of nitrogens with zero attached hydrogens (tertiary/aromatic N) is 4. The summed E-state index contributed by atoms with van der Waals surface area (Å²) in [6, 6.07) is 5.69. The summed E-state index contributed by atoms with van der Waals surface area (Å²) in [7, 11) is 1.79. The van der Waals surface area contributed by atoms with Crippen LogP contribution in [0.1, 0.15) is 47.9 Å². The van der Waals surface area contributed by atoms with Crippen molar-refractivity contribution in [1.29, 1.82) is 0 Å². The number of rotatable bonds is 6. The van der Waals surface area contributed by atoms with E-state index in [-0.39, 0.29) is 12.0 Å². The lowest BCUT2D eigenvalue weighted by Crippen LogP contribution is -2.39. The summed E-state index contributed by atoms with van der Waals surface area (Å²) >= 11 is 0. The second-order valence-corrected chi connectivity index (χ2v) is 6.81. The number of piperidine rings is 1. The molecule has 0 bridgehead atoms. The Kier molecular flexibility index (Phi) is 5.88. The van der Waals surface area contributed by atoms with Crippen molar-refractivity contribution >= 4 is 11.7 Å². The van der Waals surface area contributed by atoms with Crippen LogP contribution in [-0.4, -0.2) is 45.0 Å². The Morgan fingerprint density at radius 3 is 3.08 bits per heavy atom. The molecule has 1 amide bonds. The Labute approximate surface area is 154 Å². The number of aryl methyl sites for hydroxylation is 2. The minimum atomic E-state index is -0.320. The molecule has 2 N–H and O–H groups in total. The van der Waals surface area contributed by atoms with Gasteiger partial charge in [-0.25, -0.2) is 4.98 Å². The van der Waals surface area contributed by atoms with Gasteiger partial charge in [0.2, 0.25) is 0 Å². The summed E-state index contributed by atoms with van der Waals surface area (Å²) in [5, 5.41) is 17.3. The molecule has 1 fully saturated rings. The fraction of sp³-hybridized carbons (Fsp3) is 0.526. The van der Waals surface area contributed by atoms with Gasteiger partial charge in [0.25, 0.3) is 5.91 Å². The zero-order valence-electron chi connectivity index (χ0n) is 15.5. The number of hydrogen-bond donors (Lipinski definition) is 2. The highest BCUT2D eigenvalue weighted by Gasteiger charge is 2.21. The monoisotopic (exact) mass is 357 g/mol. The van der Waals surface area contributed by atoms with Crippen LogP contribution < -0.4 is 10.2 Å². The van der Waals surface area contributed by atoms with Crippen LogP contribution in [0, 0.1) is 0 Å². The number of aliphatic hydroxyl groups is 1. The van der Waals surface area contributed by atoms with E-state index in [9.17, 15) is 9.90 Å². The first kappa shape index (κ1) is 18.4. The molecule has 3 heterocycles. The van der Waals surface area contributed by atoms with E-state index in [0.717, 1.165) is 49.3 Å². The minimum absolute atomic E-state index is 0.143. The predicted molar refractivity (Wildman–Crippen MR) is 100 cm³/mol. The van der Waals surface area contributed by atoms with Gasteiger partial charge >= 0.3 is 0 Å². The van der Waals surface area contributed by atoms with Crippen molar-refractivity contribution < 1.29 is 9.90 Å². The van der Waals surface area contributed by atoms with Gasteiger partial charge in [-0.2, -0.15) is 5.10 Å². The standard InChI is InChI=1S/C19H27N5O2/c1-3-6-15-11-17(23(2)22-15)19(26)21-12-14-7-4-9-20-18(14)24-10-5-8-16(25)13-24/h4,7,9,11,16,25H,3,5-6,8,10,12-13H2,1-2H3,(H,21,26)/t16-/m1/s1. The number of pyridine rings is 1. The molecule has 1 atom stereocenters. The van der Waals surface area contributed by atoms with Gasteiger partial charge < -0.3 is 15.3 Å². The zero-order chi connectivity index (χ0) is 18.5. The van der Waals surface area contributed by atoms with Crippen molar-refractivity contribution in [3.63, 3.8) is 0 Å². The Balaban J connectivity index is 1.69. The Bertz CT molecular complexity index is 758. The van der Waals surface area contributed by atoms with Crippen molar-refractivity contribution in [1.82, 2.24) is 20.1 Å². The summed E-state index contributed by atoms with van der Waals surface area (Å²) < 4.78 is 1.63. The van der Waals surface area contributed by atoms with Gasteiger partial charge in [0, 0.05) is 38.4 Å². The third-order valence-corrected chi connectivity index (χ3v) is 4.67. The molecule has 2 aromatic heterocycles. The molecule has 0 saturated carbocycles. The summed E-state index contributed by atoms with van der Waals surface area (Å²) in [5.74, 6) is 0.694. The number of β-amino-alcohol motifs (C(OH)–C–C–N with tert-alkyl or cyclic N) is 1. The number of carbonyl (C=O) groups is 1. The highest BCUT2D eigenvalue weighted by molar-refractivity contribution is 5.92. The second-order valence-electron chi connectivity index (χ2n) is 6.81. The molecule has 0 aromatic carbocycles. The van der Waals surface area contributed by atoms with Crippen LogP contribution in [0.25, 0.3) is 0 Å². The van der Waals surface area contributed by atoms with E-state index in [2.05, 4.69) is 27.2 Å². The molecule has 7 heteroatoms. The van der Waals surface area contributed by atoms with E-state index in [4.69, 9.17) is 0 Å². The fourth-order valence-corrected chi connectivity index (χ4v) is 3.38. The molecule has 3 rings (SSSR count). The van der Waals surface area contributed by atoms with Crippen LogP contribution in [0.3, 0.4) is 0 Å². The molecule has 0 unspecified atom stereocenters. The van der Waals surface area contributed by atoms with Crippen molar-refractivity contribution in [2.24, 2.45) is 7.05 Å².